The van der Waals surface area contributed by atoms with Crippen LogP contribution in [0.4, 0.5) is 0 Å². The predicted molar refractivity (Wildman–Crippen MR) is 108 cm³/mol. The van der Waals surface area contributed by atoms with Crippen molar-refractivity contribution in [2.75, 3.05) is 0 Å². The lowest BCUT2D eigenvalue weighted by Gasteiger charge is -2.23. The molecule has 3 aromatic carbocycles. The Morgan fingerprint density at radius 1 is 0.692 bits per heavy atom. The molecule has 2 N–H and O–H groups in total. The fraction of sp³-hybridized carbons (Fsp3) is 0.217. The molecule has 0 aliphatic carbocycles. The van der Waals surface area contributed by atoms with E-state index in [9.17, 15) is 10.2 Å². The zero-order valence-corrected chi connectivity index (χ0v) is 16.2. The van der Waals surface area contributed by atoms with E-state index in [0.717, 1.165) is 38.9 Å². The van der Waals surface area contributed by atoms with Crippen LogP contribution in [0.25, 0.3) is 0 Å². The van der Waals surface area contributed by atoms with Gasteiger partial charge in [-0.3, -0.25) is 0 Å². The van der Waals surface area contributed by atoms with E-state index in [0.29, 0.717) is 16.5 Å². The van der Waals surface area contributed by atoms with Crippen molar-refractivity contribution in [3.05, 3.63) is 92.5 Å². The van der Waals surface area contributed by atoms with E-state index in [1.54, 1.807) is 0 Å². The zero-order valence-electron chi connectivity index (χ0n) is 15.5. The van der Waals surface area contributed by atoms with Gasteiger partial charge in [0.25, 0.3) is 0 Å². The third kappa shape index (κ3) is 3.30. The molecule has 0 saturated heterocycles. The van der Waals surface area contributed by atoms with Crippen molar-refractivity contribution in [2.24, 2.45) is 0 Å². The number of halogens is 1. The normalized spacial score (nSPS) is 11.2. The van der Waals surface area contributed by atoms with Gasteiger partial charge in [0.05, 0.1) is 0 Å². The van der Waals surface area contributed by atoms with Gasteiger partial charge in [0, 0.05) is 10.9 Å². The Labute approximate surface area is 159 Å². The molecule has 0 bridgehead atoms. The number of phenolic OH excluding ortho intramolecular Hbond substituents is 2. The summed E-state index contributed by atoms with van der Waals surface area (Å²) in [6.07, 6.45) is 0. The van der Waals surface area contributed by atoms with Crippen LogP contribution < -0.4 is 0 Å². The summed E-state index contributed by atoms with van der Waals surface area (Å²) in [5, 5.41) is 21.0. The summed E-state index contributed by atoms with van der Waals surface area (Å²) < 4.78 is 0. The van der Waals surface area contributed by atoms with Gasteiger partial charge in [-0.1, -0.05) is 54.1 Å². The fourth-order valence-corrected chi connectivity index (χ4v) is 3.82. The van der Waals surface area contributed by atoms with E-state index in [-0.39, 0.29) is 5.92 Å². The quantitative estimate of drug-likeness (QED) is 0.544. The monoisotopic (exact) mass is 366 g/mol. The summed E-state index contributed by atoms with van der Waals surface area (Å²) in [5.41, 5.74) is 6.48. The van der Waals surface area contributed by atoms with Crippen LogP contribution in [0.2, 0.25) is 5.02 Å². The van der Waals surface area contributed by atoms with Crippen LogP contribution in [0.5, 0.6) is 11.5 Å². The maximum Gasteiger partial charge on any atom is 0.121 e. The molecule has 0 aliphatic heterocycles. The molecular weight excluding hydrogens is 344 g/mol. The van der Waals surface area contributed by atoms with Crippen LogP contribution >= 0.6 is 11.6 Å². The Kier molecular flexibility index (Phi) is 4.97. The molecular formula is C23H23ClO2. The van der Waals surface area contributed by atoms with Gasteiger partial charge >= 0.3 is 0 Å². The first-order valence-corrected chi connectivity index (χ1v) is 9.02. The van der Waals surface area contributed by atoms with Crippen molar-refractivity contribution in [1.29, 1.82) is 0 Å². The molecule has 0 unspecified atom stereocenters. The number of hydrogen-bond donors (Lipinski definition) is 2. The molecule has 3 heteroatoms. The minimum Gasteiger partial charge on any atom is -0.507 e. The topological polar surface area (TPSA) is 40.5 Å². The Morgan fingerprint density at radius 2 is 1.08 bits per heavy atom. The Balaban J connectivity index is 2.30. The average Bonchev–Trinajstić information content (AvgIpc) is 2.59. The first kappa shape index (κ1) is 18.3. The van der Waals surface area contributed by atoms with Gasteiger partial charge in [-0.15, -0.1) is 0 Å². The summed E-state index contributed by atoms with van der Waals surface area (Å²) in [6, 6.07) is 15.9. The van der Waals surface area contributed by atoms with Gasteiger partial charge in [-0.25, -0.2) is 0 Å². The molecule has 0 atom stereocenters. The number of rotatable bonds is 3. The summed E-state index contributed by atoms with van der Waals surface area (Å²) in [5.74, 6) is 0.564. The molecule has 134 valence electrons. The van der Waals surface area contributed by atoms with E-state index >= 15 is 0 Å². The highest BCUT2D eigenvalue weighted by molar-refractivity contribution is 6.31. The summed E-state index contributed by atoms with van der Waals surface area (Å²) in [4.78, 5) is 0. The minimum atomic E-state index is -0.0836. The molecule has 0 amide bonds. The molecule has 3 rings (SSSR count). The van der Waals surface area contributed by atoms with Gasteiger partial charge in [-0.2, -0.15) is 0 Å². The second kappa shape index (κ2) is 7.05. The molecule has 0 spiro atoms. The zero-order chi connectivity index (χ0) is 19.0. The van der Waals surface area contributed by atoms with Gasteiger partial charge in [0.1, 0.15) is 11.5 Å². The highest BCUT2D eigenvalue weighted by atomic mass is 35.5. The fourth-order valence-electron chi connectivity index (χ4n) is 3.57. The summed E-state index contributed by atoms with van der Waals surface area (Å²) in [6.45, 7) is 7.62. The maximum atomic E-state index is 10.2. The lowest BCUT2D eigenvalue weighted by Crippen LogP contribution is -2.06. The van der Waals surface area contributed by atoms with E-state index in [2.05, 4.69) is 0 Å². The number of hydrogen-bond acceptors (Lipinski definition) is 2. The second-order valence-electron chi connectivity index (χ2n) is 6.96. The second-order valence-corrected chi connectivity index (χ2v) is 7.37. The van der Waals surface area contributed by atoms with Gasteiger partial charge in [-0.05, 0) is 72.7 Å². The van der Waals surface area contributed by atoms with Crippen molar-refractivity contribution < 1.29 is 10.2 Å². The Bertz CT molecular complexity index is 872. The molecule has 26 heavy (non-hydrogen) atoms. The molecule has 0 aliphatic rings. The smallest absolute Gasteiger partial charge is 0.121 e. The Morgan fingerprint density at radius 3 is 1.46 bits per heavy atom. The lowest BCUT2D eigenvalue weighted by atomic mass is 9.82. The number of phenols is 2. The van der Waals surface area contributed by atoms with E-state index in [1.165, 1.54) is 0 Å². The third-order valence-corrected chi connectivity index (χ3v) is 5.25. The lowest BCUT2D eigenvalue weighted by molar-refractivity contribution is 0.466. The molecule has 0 aromatic heterocycles. The van der Waals surface area contributed by atoms with Gasteiger partial charge in [0.2, 0.25) is 0 Å². The minimum absolute atomic E-state index is 0.0836. The maximum absolute atomic E-state index is 10.2. The van der Waals surface area contributed by atoms with Crippen molar-refractivity contribution in [3.63, 3.8) is 0 Å². The molecule has 3 aromatic rings. The van der Waals surface area contributed by atoms with Crippen LogP contribution in [0.3, 0.4) is 0 Å². The number of aromatic hydroxyl groups is 2. The third-order valence-electron chi connectivity index (χ3n) is 4.91. The average molecular weight is 367 g/mol. The SMILES string of the molecule is Cc1cc(C(c2cc(C)c(O)c(C)c2)c2ccccc2Cl)cc(C)c1O. The van der Waals surface area contributed by atoms with Crippen molar-refractivity contribution in [3.8, 4) is 11.5 Å². The van der Waals surface area contributed by atoms with E-state index in [1.807, 2.05) is 76.2 Å². The van der Waals surface area contributed by atoms with Crippen LogP contribution in [0.15, 0.2) is 48.5 Å². The Hall–Kier alpha value is -2.45. The van der Waals surface area contributed by atoms with Crippen LogP contribution in [-0.2, 0) is 0 Å². The van der Waals surface area contributed by atoms with Crippen LogP contribution in [-0.4, -0.2) is 10.2 Å². The number of benzene rings is 3. The predicted octanol–water partition coefficient (Wildman–Crippen LogP) is 6.17. The van der Waals surface area contributed by atoms with Gasteiger partial charge in [0.15, 0.2) is 0 Å². The first-order chi connectivity index (χ1) is 12.3. The molecule has 0 saturated carbocycles. The van der Waals surface area contributed by atoms with Crippen LogP contribution in [0, 0.1) is 27.7 Å². The first-order valence-electron chi connectivity index (χ1n) is 8.64. The molecule has 2 nitrogen and oxygen atoms in total. The van der Waals surface area contributed by atoms with E-state index < -0.39 is 0 Å². The highest BCUT2D eigenvalue weighted by Gasteiger charge is 2.22. The molecule has 0 radical (unpaired) electrons. The van der Waals surface area contributed by atoms with Gasteiger partial charge < -0.3 is 10.2 Å². The van der Waals surface area contributed by atoms with Crippen molar-refractivity contribution in [1.82, 2.24) is 0 Å². The largest absolute Gasteiger partial charge is 0.507 e. The van der Waals surface area contributed by atoms with Crippen molar-refractivity contribution in [2.45, 2.75) is 33.6 Å². The van der Waals surface area contributed by atoms with Crippen LogP contribution in [0.1, 0.15) is 44.9 Å². The highest BCUT2D eigenvalue weighted by Crippen LogP contribution is 2.40. The summed E-state index contributed by atoms with van der Waals surface area (Å²) >= 11 is 6.54. The molecule has 0 fully saturated rings. The summed E-state index contributed by atoms with van der Waals surface area (Å²) in [7, 11) is 0. The molecule has 0 heterocycles. The standard InChI is InChI=1S/C23H23ClO2/c1-13-9-17(10-14(2)22(13)25)21(19-7-5-6-8-20(19)24)18-11-15(3)23(26)16(4)12-18/h5-12,21,25-26H,1-4H3. The number of aryl methyl sites for hydroxylation is 4. The van der Waals surface area contributed by atoms with Crippen molar-refractivity contribution >= 4 is 11.6 Å². The van der Waals surface area contributed by atoms with E-state index in [4.69, 9.17) is 11.6 Å².